The second kappa shape index (κ2) is 6.83. The van der Waals surface area contributed by atoms with Crippen molar-refractivity contribution in [3.05, 3.63) is 95.6 Å². The molecular formula is C19H15FN2O. The van der Waals surface area contributed by atoms with Gasteiger partial charge in [0.05, 0.1) is 0 Å². The average Bonchev–Trinajstić information content (AvgIpc) is 2.58. The fourth-order valence-electron chi connectivity index (χ4n) is 2.37. The Kier molecular flexibility index (Phi) is 4.43. The first-order valence-corrected chi connectivity index (χ1v) is 7.28. The van der Waals surface area contributed by atoms with E-state index in [1.165, 1.54) is 6.20 Å². The van der Waals surface area contributed by atoms with Crippen molar-refractivity contribution in [1.82, 2.24) is 4.98 Å². The molecular weight excluding hydrogens is 291 g/mol. The lowest BCUT2D eigenvalue weighted by Crippen LogP contribution is -2.16. The second-order valence-electron chi connectivity index (χ2n) is 5.11. The van der Waals surface area contributed by atoms with Gasteiger partial charge in [0.15, 0.2) is 0 Å². The lowest BCUT2D eigenvalue weighted by atomic mass is 10.0. The summed E-state index contributed by atoms with van der Waals surface area (Å²) in [4.78, 5) is 16.2. The summed E-state index contributed by atoms with van der Waals surface area (Å²) in [6.07, 6.45) is 1.63. The summed E-state index contributed by atoms with van der Waals surface area (Å²) < 4.78 is 14.1. The molecule has 0 spiro atoms. The van der Waals surface area contributed by atoms with E-state index < -0.39 is 5.95 Å². The number of benzene rings is 2. The lowest BCUT2D eigenvalue weighted by Gasteiger charge is -2.11. The van der Waals surface area contributed by atoms with Crippen LogP contribution in [0, 0.1) is 5.95 Å². The molecule has 1 aromatic heterocycles. The minimum absolute atomic E-state index is 0.296. The van der Waals surface area contributed by atoms with Gasteiger partial charge >= 0.3 is 0 Å². The van der Waals surface area contributed by atoms with Crippen LogP contribution in [0.3, 0.4) is 0 Å². The average molecular weight is 306 g/mol. The Balaban J connectivity index is 1.90. The van der Waals surface area contributed by atoms with Gasteiger partial charge in [-0.05, 0) is 23.8 Å². The van der Waals surface area contributed by atoms with Gasteiger partial charge in [0.25, 0.3) is 5.91 Å². The second-order valence-corrected chi connectivity index (χ2v) is 5.11. The first-order chi connectivity index (χ1) is 11.2. The first kappa shape index (κ1) is 14.9. The number of para-hydroxylation sites is 1. The summed E-state index contributed by atoms with van der Waals surface area (Å²) in [5.74, 6) is -0.960. The number of amides is 1. The van der Waals surface area contributed by atoms with Crippen molar-refractivity contribution in [2.75, 3.05) is 5.32 Å². The van der Waals surface area contributed by atoms with Crippen LogP contribution in [0.5, 0.6) is 0 Å². The van der Waals surface area contributed by atoms with Gasteiger partial charge < -0.3 is 5.32 Å². The van der Waals surface area contributed by atoms with E-state index >= 15 is 0 Å². The smallest absolute Gasteiger partial charge is 0.256 e. The van der Waals surface area contributed by atoms with Gasteiger partial charge in [0.1, 0.15) is 0 Å². The van der Waals surface area contributed by atoms with Gasteiger partial charge in [-0.3, -0.25) is 4.79 Å². The summed E-state index contributed by atoms with van der Waals surface area (Å²) in [6.45, 7) is 0. The highest BCUT2D eigenvalue weighted by molar-refractivity contribution is 6.05. The highest BCUT2D eigenvalue weighted by Gasteiger charge is 2.16. The number of rotatable bonds is 4. The molecule has 0 radical (unpaired) electrons. The Morgan fingerprint density at radius 2 is 1.61 bits per heavy atom. The molecule has 23 heavy (non-hydrogen) atoms. The zero-order chi connectivity index (χ0) is 16.1. The third-order valence-electron chi connectivity index (χ3n) is 3.50. The number of nitrogens with one attached hydrogen (secondary N) is 1. The number of hydrogen-bond acceptors (Lipinski definition) is 2. The summed E-state index contributed by atoms with van der Waals surface area (Å²) in [5, 5.41) is 2.78. The molecule has 0 saturated heterocycles. The molecule has 3 rings (SSSR count). The normalized spacial score (nSPS) is 10.3. The fourth-order valence-corrected chi connectivity index (χ4v) is 2.37. The molecule has 0 aliphatic rings. The SMILES string of the molecule is O=C(Nc1ccccc1)c1ccnc(F)c1Cc1ccccc1. The molecule has 0 fully saturated rings. The molecule has 3 nitrogen and oxygen atoms in total. The monoisotopic (exact) mass is 306 g/mol. The van der Waals surface area contributed by atoms with Gasteiger partial charge in [-0.2, -0.15) is 4.39 Å². The molecule has 0 atom stereocenters. The van der Waals surface area contributed by atoms with Gasteiger partial charge in [-0.15, -0.1) is 0 Å². The van der Waals surface area contributed by atoms with E-state index in [1.807, 2.05) is 48.5 Å². The minimum atomic E-state index is -0.616. The van der Waals surface area contributed by atoms with Crippen molar-refractivity contribution in [1.29, 1.82) is 0 Å². The van der Waals surface area contributed by atoms with E-state index in [-0.39, 0.29) is 5.91 Å². The van der Waals surface area contributed by atoms with Crippen LogP contribution in [-0.4, -0.2) is 10.9 Å². The number of nitrogens with zero attached hydrogens (tertiary/aromatic N) is 1. The Bertz CT molecular complexity index is 804. The van der Waals surface area contributed by atoms with Gasteiger partial charge in [0.2, 0.25) is 5.95 Å². The largest absolute Gasteiger partial charge is 0.322 e. The Morgan fingerprint density at radius 1 is 0.957 bits per heavy atom. The molecule has 0 aliphatic heterocycles. The maximum Gasteiger partial charge on any atom is 0.256 e. The number of carbonyl (C=O) groups is 1. The summed E-state index contributed by atoms with van der Waals surface area (Å²) in [7, 11) is 0. The van der Waals surface area contributed by atoms with Crippen molar-refractivity contribution >= 4 is 11.6 Å². The number of hydrogen-bond donors (Lipinski definition) is 1. The molecule has 0 unspecified atom stereocenters. The van der Waals surface area contributed by atoms with E-state index in [0.717, 1.165) is 5.56 Å². The van der Waals surface area contributed by atoms with Crippen molar-refractivity contribution in [3.8, 4) is 0 Å². The molecule has 114 valence electrons. The molecule has 0 saturated carbocycles. The quantitative estimate of drug-likeness (QED) is 0.738. The van der Waals surface area contributed by atoms with Crippen LogP contribution >= 0.6 is 0 Å². The first-order valence-electron chi connectivity index (χ1n) is 7.28. The van der Waals surface area contributed by atoms with Crippen LogP contribution in [0.25, 0.3) is 0 Å². The molecule has 1 amide bonds. The number of pyridine rings is 1. The third-order valence-corrected chi connectivity index (χ3v) is 3.50. The van der Waals surface area contributed by atoms with Gasteiger partial charge in [-0.25, -0.2) is 4.98 Å². The maximum atomic E-state index is 14.1. The molecule has 2 aromatic carbocycles. The number of carbonyl (C=O) groups excluding carboxylic acids is 1. The third kappa shape index (κ3) is 3.61. The van der Waals surface area contributed by atoms with Crippen LogP contribution in [0.1, 0.15) is 21.5 Å². The summed E-state index contributed by atoms with van der Waals surface area (Å²) >= 11 is 0. The van der Waals surface area contributed by atoms with Crippen molar-refractivity contribution in [2.45, 2.75) is 6.42 Å². The van der Waals surface area contributed by atoms with Crippen LogP contribution in [0.2, 0.25) is 0 Å². The topological polar surface area (TPSA) is 42.0 Å². The predicted octanol–water partition coefficient (Wildman–Crippen LogP) is 4.06. The van der Waals surface area contributed by atoms with E-state index in [9.17, 15) is 9.18 Å². The van der Waals surface area contributed by atoms with Crippen molar-refractivity contribution < 1.29 is 9.18 Å². The van der Waals surface area contributed by atoms with Gasteiger partial charge in [-0.1, -0.05) is 48.5 Å². The number of anilines is 1. The molecule has 0 aliphatic carbocycles. The molecule has 0 bridgehead atoms. The van der Waals surface area contributed by atoms with E-state index in [2.05, 4.69) is 10.3 Å². The predicted molar refractivity (Wildman–Crippen MR) is 87.8 cm³/mol. The molecule has 1 heterocycles. The van der Waals surface area contributed by atoms with Crippen LogP contribution in [0.15, 0.2) is 72.9 Å². The van der Waals surface area contributed by atoms with Crippen LogP contribution < -0.4 is 5.32 Å². The standard InChI is InChI=1S/C19H15FN2O/c20-18-17(13-14-7-3-1-4-8-14)16(11-12-21-18)19(23)22-15-9-5-2-6-10-15/h1-12H,13H2,(H,22,23). The lowest BCUT2D eigenvalue weighted by molar-refractivity contribution is 0.102. The van der Waals surface area contributed by atoms with E-state index in [1.54, 1.807) is 18.2 Å². The van der Waals surface area contributed by atoms with E-state index in [4.69, 9.17) is 0 Å². The summed E-state index contributed by atoms with van der Waals surface area (Å²) in [5.41, 5.74) is 2.19. The zero-order valence-electron chi connectivity index (χ0n) is 12.4. The Labute approximate surface area is 133 Å². The zero-order valence-corrected chi connectivity index (χ0v) is 12.4. The van der Waals surface area contributed by atoms with Crippen LogP contribution in [0.4, 0.5) is 10.1 Å². The highest BCUT2D eigenvalue weighted by atomic mass is 19.1. The molecule has 4 heteroatoms. The maximum absolute atomic E-state index is 14.1. The number of aromatic nitrogens is 1. The molecule has 1 N–H and O–H groups in total. The summed E-state index contributed by atoms with van der Waals surface area (Å²) in [6, 6.07) is 20.1. The Morgan fingerprint density at radius 3 is 2.30 bits per heavy atom. The minimum Gasteiger partial charge on any atom is -0.322 e. The van der Waals surface area contributed by atoms with Gasteiger partial charge in [0, 0.05) is 29.4 Å². The fraction of sp³-hybridized carbons (Fsp3) is 0.0526. The number of halogens is 1. The van der Waals surface area contributed by atoms with Crippen molar-refractivity contribution in [2.24, 2.45) is 0 Å². The van der Waals surface area contributed by atoms with Crippen molar-refractivity contribution in [3.63, 3.8) is 0 Å². The van der Waals surface area contributed by atoms with E-state index in [0.29, 0.717) is 23.2 Å². The Hall–Kier alpha value is -3.01. The highest BCUT2D eigenvalue weighted by Crippen LogP contribution is 2.18. The van der Waals surface area contributed by atoms with Crippen LogP contribution in [-0.2, 0) is 6.42 Å². The molecule has 3 aromatic rings.